The van der Waals surface area contributed by atoms with E-state index in [1.807, 2.05) is 13.8 Å². The first kappa shape index (κ1) is 21.4. The quantitative estimate of drug-likeness (QED) is 0.666. The Bertz CT molecular complexity index is 676. The van der Waals surface area contributed by atoms with Crippen molar-refractivity contribution >= 4 is 34.2 Å². The Labute approximate surface area is 164 Å². The number of amides is 1. The molecule has 150 valence electrons. The first-order valence-corrected chi connectivity index (χ1v) is 10.5. The molecule has 1 aromatic heterocycles. The van der Waals surface area contributed by atoms with Gasteiger partial charge in [-0.2, -0.15) is 0 Å². The zero-order chi connectivity index (χ0) is 19.8. The number of anilines is 1. The maximum atomic E-state index is 12.3. The molecule has 6 nitrogen and oxygen atoms in total. The Morgan fingerprint density at radius 1 is 1.11 bits per heavy atom. The predicted molar refractivity (Wildman–Crippen MR) is 105 cm³/mol. The molecule has 0 saturated heterocycles. The molecule has 1 fully saturated rings. The second-order valence-electron chi connectivity index (χ2n) is 6.83. The fourth-order valence-electron chi connectivity index (χ4n) is 3.51. The molecule has 1 aromatic rings. The summed E-state index contributed by atoms with van der Waals surface area (Å²) in [6.07, 6.45) is 6.70. The maximum Gasteiger partial charge on any atom is 0.341 e. The van der Waals surface area contributed by atoms with Crippen LogP contribution in [0.5, 0.6) is 0 Å². The molecule has 0 bridgehead atoms. The third-order valence-electron chi connectivity index (χ3n) is 4.84. The van der Waals surface area contributed by atoms with E-state index in [2.05, 4.69) is 5.32 Å². The number of carbonyl (C=O) groups excluding carboxylic acids is 3. The van der Waals surface area contributed by atoms with Crippen LogP contribution in [0.1, 0.15) is 73.2 Å². The number of ether oxygens (including phenoxy) is 2. The van der Waals surface area contributed by atoms with Crippen molar-refractivity contribution in [2.75, 3.05) is 18.5 Å². The van der Waals surface area contributed by atoms with Gasteiger partial charge in [0.05, 0.1) is 12.2 Å². The lowest BCUT2D eigenvalue weighted by molar-refractivity contribution is -0.148. The molecule has 1 aliphatic carbocycles. The molecule has 0 aromatic carbocycles. The summed E-state index contributed by atoms with van der Waals surface area (Å²) in [5.41, 5.74) is 1.28. The van der Waals surface area contributed by atoms with Crippen molar-refractivity contribution in [1.82, 2.24) is 0 Å². The van der Waals surface area contributed by atoms with Crippen molar-refractivity contribution in [1.29, 1.82) is 0 Å². The van der Waals surface area contributed by atoms with E-state index in [1.165, 1.54) is 17.8 Å². The van der Waals surface area contributed by atoms with Crippen LogP contribution in [-0.2, 0) is 25.5 Å². The van der Waals surface area contributed by atoms with Crippen LogP contribution in [0.3, 0.4) is 0 Å². The topological polar surface area (TPSA) is 81.7 Å². The van der Waals surface area contributed by atoms with Gasteiger partial charge in [0.15, 0.2) is 6.61 Å². The second kappa shape index (κ2) is 10.4. The highest BCUT2D eigenvalue weighted by Crippen LogP contribution is 2.34. The largest absolute Gasteiger partial charge is 0.462 e. The Morgan fingerprint density at radius 3 is 2.44 bits per heavy atom. The third-order valence-corrected chi connectivity index (χ3v) is 5.90. The average Bonchev–Trinajstić information content (AvgIpc) is 2.96. The van der Waals surface area contributed by atoms with Crippen LogP contribution >= 0.6 is 11.3 Å². The maximum absolute atomic E-state index is 12.3. The molecular weight excluding hydrogens is 366 g/mol. The van der Waals surface area contributed by atoms with Gasteiger partial charge in [-0.25, -0.2) is 4.79 Å². The lowest BCUT2D eigenvalue weighted by atomic mass is 9.87. The first-order valence-electron chi connectivity index (χ1n) is 9.71. The van der Waals surface area contributed by atoms with Gasteiger partial charge < -0.3 is 14.8 Å². The molecule has 1 aliphatic rings. The van der Waals surface area contributed by atoms with E-state index in [0.29, 0.717) is 29.3 Å². The standard InChI is InChI=1S/C20H29NO5S/c1-4-15-13(3)27-19(18(15)20(24)25-5-2)21-16(22)12-26-17(23)11-14-9-7-6-8-10-14/h14H,4-12H2,1-3H3,(H,21,22). The molecule has 1 N–H and O–H groups in total. The summed E-state index contributed by atoms with van der Waals surface area (Å²) in [4.78, 5) is 37.4. The van der Waals surface area contributed by atoms with E-state index in [4.69, 9.17) is 9.47 Å². The minimum absolute atomic E-state index is 0.267. The first-order chi connectivity index (χ1) is 13.0. The van der Waals surface area contributed by atoms with Crippen LogP contribution in [-0.4, -0.2) is 31.1 Å². The van der Waals surface area contributed by atoms with Gasteiger partial charge in [0.2, 0.25) is 0 Å². The Kier molecular flexibility index (Phi) is 8.28. The number of carbonyl (C=O) groups is 3. The van der Waals surface area contributed by atoms with Crippen molar-refractivity contribution in [3.8, 4) is 0 Å². The van der Waals surface area contributed by atoms with Gasteiger partial charge in [0.1, 0.15) is 5.00 Å². The van der Waals surface area contributed by atoms with Crippen molar-refractivity contribution < 1.29 is 23.9 Å². The smallest absolute Gasteiger partial charge is 0.341 e. The summed E-state index contributed by atoms with van der Waals surface area (Å²) in [6, 6.07) is 0. The third kappa shape index (κ3) is 6.06. The summed E-state index contributed by atoms with van der Waals surface area (Å²) in [6.45, 7) is 5.53. The van der Waals surface area contributed by atoms with Crippen LogP contribution in [0.25, 0.3) is 0 Å². The number of hydrogen-bond acceptors (Lipinski definition) is 6. The zero-order valence-electron chi connectivity index (χ0n) is 16.4. The molecular formula is C20H29NO5S. The van der Waals surface area contributed by atoms with Crippen molar-refractivity contribution in [3.05, 3.63) is 16.0 Å². The Hall–Kier alpha value is -1.89. The molecule has 2 rings (SSSR count). The van der Waals surface area contributed by atoms with Gasteiger partial charge in [-0.3, -0.25) is 9.59 Å². The van der Waals surface area contributed by atoms with Gasteiger partial charge in [-0.15, -0.1) is 11.3 Å². The summed E-state index contributed by atoms with van der Waals surface area (Å²) < 4.78 is 10.2. The lowest BCUT2D eigenvalue weighted by Crippen LogP contribution is -2.23. The van der Waals surface area contributed by atoms with Crippen LogP contribution in [0.15, 0.2) is 0 Å². The molecule has 0 radical (unpaired) electrons. The summed E-state index contributed by atoms with van der Waals surface area (Å²) in [5.74, 6) is -0.846. The molecule has 1 saturated carbocycles. The fraction of sp³-hybridized carbons (Fsp3) is 0.650. The van der Waals surface area contributed by atoms with Crippen molar-refractivity contribution in [2.45, 2.75) is 65.7 Å². The number of nitrogens with one attached hydrogen (secondary N) is 1. The number of hydrogen-bond donors (Lipinski definition) is 1. The number of thiophene rings is 1. The number of esters is 2. The molecule has 1 amide bonds. The average molecular weight is 396 g/mol. The van der Waals surface area contributed by atoms with E-state index in [9.17, 15) is 14.4 Å². The summed E-state index contributed by atoms with van der Waals surface area (Å²) >= 11 is 1.34. The van der Waals surface area contributed by atoms with Gasteiger partial charge in [-0.05, 0) is 44.6 Å². The Morgan fingerprint density at radius 2 is 1.81 bits per heavy atom. The molecule has 0 spiro atoms. The minimum Gasteiger partial charge on any atom is -0.462 e. The summed E-state index contributed by atoms with van der Waals surface area (Å²) in [5, 5.41) is 3.16. The van der Waals surface area contributed by atoms with Crippen LogP contribution in [0, 0.1) is 12.8 Å². The minimum atomic E-state index is -0.443. The lowest BCUT2D eigenvalue weighted by Gasteiger charge is -2.20. The monoisotopic (exact) mass is 395 g/mol. The van der Waals surface area contributed by atoms with Crippen molar-refractivity contribution in [2.24, 2.45) is 5.92 Å². The van der Waals surface area contributed by atoms with E-state index in [0.717, 1.165) is 36.1 Å². The molecule has 0 atom stereocenters. The molecule has 0 aliphatic heterocycles. The fourth-order valence-corrected chi connectivity index (χ4v) is 4.66. The van der Waals surface area contributed by atoms with Crippen LogP contribution in [0.2, 0.25) is 0 Å². The number of aryl methyl sites for hydroxylation is 1. The highest BCUT2D eigenvalue weighted by atomic mass is 32.1. The molecule has 1 heterocycles. The van der Waals surface area contributed by atoms with Gasteiger partial charge in [-0.1, -0.05) is 26.2 Å². The highest BCUT2D eigenvalue weighted by Gasteiger charge is 2.24. The molecule has 7 heteroatoms. The molecule has 27 heavy (non-hydrogen) atoms. The number of rotatable bonds is 8. The van der Waals surface area contributed by atoms with E-state index < -0.39 is 11.9 Å². The second-order valence-corrected chi connectivity index (χ2v) is 8.06. The predicted octanol–water partition coefficient (Wildman–Crippen LogP) is 4.25. The van der Waals surface area contributed by atoms with Gasteiger partial charge in [0, 0.05) is 11.3 Å². The van der Waals surface area contributed by atoms with Crippen LogP contribution < -0.4 is 5.32 Å². The highest BCUT2D eigenvalue weighted by molar-refractivity contribution is 7.16. The van der Waals surface area contributed by atoms with E-state index in [-0.39, 0.29) is 19.2 Å². The normalized spacial score (nSPS) is 14.6. The zero-order valence-corrected chi connectivity index (χ0v) is 17.2. The summed E-state index contributed by atoms with van der Waals surface area (Å²) in [7, 11) is 0. The van der Waals surface area contributed by atoms with Crippen LogP contribution in [0.4, 0.5) is 5.00 Å². The molecule has 0 unspecified atom stereocenters. The van der Waals surface area contributed by atoms with Crippen molar-refractivity contribution in [3.63, 3.8) is 0 Å². The van der Waals surface area contributed by atoms with Gasteiger partial charge >= 0.3 is 11.9 Å². The van der Waals surface area contributed by atoms with E-state index in [1.54, 1.807) is 6.92 Å². The van der Waals surface area contributed by atoms with E-state index >= 15 is 0 Å². The Balaban J connectivity index is 1.92. The SMILES string of the molecule is CCOC(=O)c1c(NC(=O)COC(=O)CC2CCCCC2)sc(C)c1CC. The van der Waals surface area contributed by atoms with Gasteiger partial charge in [0.25, 0.3) is 5.91 Å².